The molecule has 2 atom stereocenters. The average molecular weight is 288 g/mol. The van der Waals surface area contributed by atoms with Crippen molar-refractivity contribution in [2.24, 2.45) is 0 Å². The fraction of sp³-hybridized carbons (Fsp3) is 0.846. The van der Waals surface area contributed by atoms with Crippen LogP contribution in [0.1, 0.15) is 27.2 Å². The van der Waals surface area contributed by atoms with E-state index in [4.69, 9.17) is 5.11 Å². The van der Waals surface area contributed by atoms with Gasteiger partial charge in [0.25, 0.3) is 0 Å². The second-order valence-electron chi connectivity index (χ2n) is 4.75. The minimum Gasteiger partial charge on any atom is -0.481 e. The molecule has 1 N–H and O–H groups in total. The van der Waals surface area contributed by atoms with Crippen molar-refractivity contribution in [1.82, 2.24) is 9.80 Å². The molecule has 1 amide bonds. The SMILES string of the molecule is CCN(CC)C(=O)C(C)N1CCSCC1CC(=O)O. The largest absolute Gasteiger partial charge is 0.481 e. The van der Waals surface area contributed by atoms with Gasteiger partial charge < -0.3 is 10.0 Å². The first-order chi connectivity index (χ1) is 9.01. The molecule has 0 aromatic heterocycles. The quantitative estimate of drug-likeness (QED) is 0.794. The van der Waals surface area contributed by atoms with Crippen LogP contribution in [0.3, 0.4) is 0 Å². The molecule has 1 rings (SSSR count). The van der Waals surface area contributed by atoms with Gasteiger partial charge in [0.1, 0.15) is 0 Å². The number of rotatable bonds is 6. The second-order valence-corrected chi connectivity index (χ2v) is 5.90. The van der Waals surface area contributed by atoms with Crippen LogP contribution in [0.2, 0.25) is 0 Å². The first kappa shape index (κ1) is 16.3. The Morgan fingerprint density at radius 3 is 2.58 bits per heavy atom. The van der Waals surface area contributed by atoms with Gasteiger partial charge in [-0.25, -0.2) is 0 Å². The Morgan fingerprint density at radius 2 is 2.05 bits per heavy atom. The Morgan fingerprint density at radius 1 is 1.42 bits per heavy atom. The maximum Gasteiger partial charge on any atom is 0.304 e. The van der Waals surface area contributed by atoms with Crippen molar-refractivity contribution >= 4 is 23.6 Å². The molecule has 0 saturated carbocycles. The number of aliphatic carboxylic acids is 1. The molecule has 1 aliphatic heterocycles. The van der Waals surface area contributed by atoms with Crippen molar-refractivity contribution in [2.45, 2.75) is 39.3 Å². The van der Waals surface area contributed by atoms with E-state index in [1.165, 1.54) is 0 Å². The van der Waals surface area contributed by atoms with Crippen LogP contribution in [0.4, 0.5) is 0 Å². The molecule has 110 valence electrons. The Bertz CT molecular complexity index is 321. The number of carboxylic acid groups (broad SMARTS) is 1. The van der Waals surface area contributed by atoms with E-state index >= 15 is 0 Å². The first-order valence-electron chi connectivity index (χ1n) is 6.85. The maximum atomic E-state index is 12.4. The lowest BCUT2D eigenvalue weighted by Gasteiger charge is -2.39. The van der Waals surface area contributed by atoms with Crippen molar-refractivity contribution in [3.63, 3.8) is 0 Å². The van der Waals surface area contributed by atoms with Crippen molar-refractivity contribution in [1.29, 1.82) is 0 Å². The number of nitrogens with zero attached hydrogens (tertiary/aromatic N) is 2. The highest BCUT2D eigenvalue weighted by Crippen LogP contribution is 2.22. The van der Waals surface area contributed by atoms with Crippen molar-refractivity contribution in [2.75, 3.05) is 31.1 Å². The highest BCUT2D eigenvalue weighted by molar-refractivity contribution is 7.99. The van der Waals surface area contributed by atoms with E-state index in [1.807, 2.05) is 25.7 Å². The molecule has 1 fully saturated rings. The van der Waals surface area contributed by atoms with Crippen LogP contribution >= 0.6 is 11.8 Å². The Kier molecular flexibility index (Phi) is 6.65. The Hall–Kier alpha value is -0.750. The van der Waals surface area contributed by atoms with Gasteiger partial charge in [-0.1, -0.05) is 0 Å². The van der Waals surface area contributed by atoms with Gasteiger partial charge in [0.2, 0.25) is 5.91 Å². The summed E-state index contributed by atoms with van der Waals surface area (Å²) >= 11 is 1.77. The van der Waals surface area contributed by atoms with E-state index in [2.05, 4.69) is 4.90 Å². The molecule has 1 aliphatic rings. The van der Waals surface area contributed by atoms with E-state index in [0.717, 1.165) is 18.1 Å². The molecule has 19 heavy (non-hydrogen) atoms. The summed E-state index contributed by atoms with van der Waals surface area (Å²) in [7, 11) is 0. The van der Waals surface area contributed by atoms with Gasteiger partial charge in [0.15, 0.2) is 0 Å². The Labute approximate surface area is 119 Å². The van der Waals surface area contributed by atoms with E-state index in [-0.39, 0.29) is 24.4 Å². The van der Waals surface area contributed by atoms with E-state index in [0.29, 0.717) is 13.1 Å². The third-order valence-electron chi connectivity index (χ3n) is 3.61. The monoisotopic (exact) mass is 288 g/mol. The molecule has 1 heterocycles. The zero-order valence-corrected chi connectivity index (χ0v) is 12.8. The van der Waals surface area contributed by atoms with Gasteiger partial charge >= 0.3 is 5.97 Å². The number of hydrogen-bond donors (Lipinski definition) is 1. The number of carboxylic acids is 1. The number of thioether (sulfide) groups is 1. The maximum absolute atomic E-state index is 12.4. The van der Waals surface area contributed by atoms with Gasteiger partial charge in [-0.3, -0.25) is 14.5 Å². The van der Waals surface area contributed by atoms with E-state index in [1.54, 1.807) is 11.8 Å². The first-order valence-corrected chi connectivity index (χ1v) is 8.00. The van der Waals surface area contributed by atoms with E-state index < -0.39 is 5.97 Å². The van der Waals surface area contributed by atoms with Gasteiger partial charge in [-0.2, -0.15) is 11.8 Å². The third kappa shape index (κ3) is 4.38. The molecule has 5 nitrogen and oxygen atoms in total. The van der Waals surface area contributed by atoms with E-state index in [9.17, 15) is 9.59 Å². The lowest BCUT2D eigenvalue weighted by Crippen LogP contribution is -2.54. The summed E-state index contributed by atoms with van der Waals surface area (Å²) in [6.07, 6.45) is 0.114. The summed E-state index contributed by atoms with van der Waals surface area (Å²) < 4.78 is 0. The molecular weight excluding hydrogens is 264 g/mol. The second kappa shape index (κ2) is 7.75. The molecule has 0 aromatic rings. The summed E-state index contributed by atoms with van der Waals surface area (Å²) in [6.45, 7) is 8.02. The topological polar surface area (TPSA) is 60.9 Å². The van der Waals surface area contributed by atoms with Crippen LogP contribution in [0, 0.1) is 0 Å². The predicted octanol–water partition coefficient (Wildman–Crippen LogP) is 1.14. The molecule has 0 radical (unpaired) electrons. The van der Waals surface area contributed by atoms with Crippen LogP contribution in [0.15, 0.2) is 0 Å². The number of hydrogen-bond acceptors (Lipinski definition) is 4. The smallest absolute Gasteiger partial charge is 0.304 e. The van der Waals surface area contributed by atoms with Crippen LogP contribution in [0.25, 0.3) is 0 Å². The zero-order chi connectivity index (χ0) is 14.4. The normalized spacial score (nSPS) is 21.9. The molecule has 0 bridgehead atoms. The summed E-state index contributed by atoms with van der Waals surface area (Å²) in [6, 6.07) is -0.268. The fourth-order valence-electron chi connectivity index (χ4n) is 2.50. The predicted molar refractivity (Wildman–Crippen MR) is 77.5 cm³/mol. The van der Waals surface area contributed by atoms with Gasteiger partial charge in [-0.05, 0) is 20.8 Å². The zero-order valence-electron chi connectivity index (χ0n) is 12.0. The number of carbonyl (C=O) groups excluding carboxylic acids is 1. The summed E-state index contributed by atoms with van der Waals surface area (Å²) in [5.74, 6) is 1.07. The lowest BCUT2D eigenvalue weighted by molar-refractivity contribution is -0.141. The van der Waals surface area contributed by atoms with Crippen LogP contribution < -0.4 is 0 Å². The number of amides is 1. The fourth-order valence-corrected chi connectivity index (χ4v) is 3.58. The highest BCUT2D eigenvalue weighted by Gasteiger charge is 2.33. The van der Waals surface area contributed by atoms with Gasteiger partial charge in [-0.15, -0.1) is 0 Å². The number of carbonyl (C=O) groups is 2. The average Bonchev–Trinajstić information content (AvgIpc) is 2.39. The molecule has 2 unspecified atom stereocenters. The summed E-state index contributed by atoms with van der Waals surface area (Å²) in [5, 5.41) is 8.97. The van der Waals surface area contributed by atoms with Crippen LogP contribution in [0.5, 0.6) is 0 Å². The summed E-state index contributed by atoms with van der Waals surface area (Å²) in [5.41, 5.74) is 0. The number of likely N-dealkylation sites (N-methyl/N-ethyl adjacent to an activating group) is 1. The highest BCUT2D eigenvalue weighted by atomic mass is 32.2. The van der Waals surface area contributed by atoms with Gasteiger partial charge in [0, 0.05) is 37.2 Å². The standard InChI is InChI=1S/C13H24N2O3S/c1-4-14(5-2)13(18)10(3)15-6-7-19-9-11(15)8-12(16)17/h10-11H,4-9H2,1-3H3,(H,16,17). The Balaban J connectivity index is 2.73. The van der Waals surface area contributed by atoms with Crippen molar-refractivity contribution < 1.29 is 14.7 Å². The summed E-state index contributed by atoms with van der Waals surface area (Å²) in [4.78, 5) is 27.2. The lowest BCUT2D eigenvalue weighted by atomic mass is 10.1. The molecule has 6 heteroatoms. The molecule has 0 aromatic carbocycles. The van der Waals surface area contributed by atoms with Crippen molar-refractivity contribution in [3.8, 4) is 0 Å². The minimum absolute atomic E-state index is 0.0363. The van der Waals surface area contributed by atoms with Crippen LogP contribution in [-0.4, -0.2) is 70.0 Å². The third-order valence-corrected chi connectivity index (χ3v) is 4.71. The van der Waals surface area contributed by atoms with Crippen molar-refractivity contribution in [3.05, 3.63) is 0 Å². The molecular formula is C13H24N2O3S. The molecule has 1 saturated heterocycles. The van der Waals surface area contributed by atoms with Crippen LogP contribution in [-0.2, 0) is 9.59 Å². The minimum atomic E-state index is -0.792. The van der Waals surface area contributed by atoms with Gasteiger partial charge in [0.05, 0.1) is 12.5 Å². The molecule has 0 spiro atoms. The molecule has 0 aliphatic carbocycles.